The van der Waals surface area contributed by atoms with Crippen molar-refractivity contribution in [3.63, 3.8) is 0 Å². The van der Waals surface area contributed by atoms with Gasteiger partial charge in [-0.1, -0.05) is 42.5 Å². The van der Waals surface area contributed by atoms with Crippen molar-refractivity contribution in [2.24, 2.45) is 28.7 Å². The van der Waals surface area contributed by atoms with Crippen LogP contribution in [0.3, 0.4) is 0 Å². The molecule has 0 bridgehead atoms. The Kier molecular flexibility index (Phi) is 14.4. The van der Waals surface area contributed by atoms with E-state index in [2.05, 4.69) is 52.3 Å². The highest BCUT2D eigenvalue weighted by Crippen LogP contribution is 2.32. The summed E-state index contributed by atoms with van der Waals surface area (Å²) in [4.78, 5) is 4.99. The highest BCUT2D eigenvalue weighted by molar-refractivity contribution is 5.85. The van der Waals surface area contributed by atoms with Crippen LogP contribution in [-0.4, -0.2) is 168 Å². The van der Waals surface area contributed by atoms with Gasteiger partial charge >= 0.3 is 0 Å². The molecule has 4 aliphatic rings. The van der Waals surface area contributed by atoms with E-state index in [4.69, 9.17) is 52.4 Å². The van der Waals surface area contributed by atoms with Crippen LogP contribution in [0.5, 0.6) is 0 Å². The lowest BCUT2D eigenvalue weighted by atomic mass is 9.84. The minimum absolute atomic E-state index is 0.0787. The molecule has 3 saturated heterocycles. The third-order valence-electron chi connectivity index (χ3n) is 11.3. The number of nitrogens with two attached hydrogens (primary N) is 5. The number of aliphatic hydroxyl groups is 4. The van der Waals surface area contributed by atoms with Crippen molar-refractivity contribution in [3.8, 4) is 0 Å². The van der Waals surface area contributed by atoms with E-state index in [1.165, 1.54) is 16.3 Å². The van der Waals surface area contributed by atoms with Crippen molar-refractivity contribution >= 4 is 10.8 Å². The Morgan fingerprint density at radius 2 is 1.38 bits per heavy atom. The smallest absolute Gasteiger partial charge is 0.186 e. The molecule has 14 atom stereocenters. The van der Waals surface area contributed by atoms with Crippen molar-refractivity contribution in [1.29, 1.82) is 0 Å². The van der Waals surface area contributed by atoms with Crippen LogP contribution in [-0.2, 0) is 30.2 Å². The van der Waals surface area contributed by atoms with E-state index in [1.54, 1.807) is 0 Å². The summed E-state index contributed by atoms with van der Waals surface area (Å²) < 4.78 is 30.9. The molecule has 2 aromatic carbocycles. The van der Waals surface area contributed by atoms with E-state index in [9.17, 15) is 20.4 Å². The molecule has 3 heterocycles. The van der Waals surface area contributed by atoms with Gasteiger partial charge in [0.15, 0.2) is 12.6 Å². The fraction of sp³-hybridized carbons (Fsp3) is 0.730. The number of nitrogens with zero attached hydrogens (tertiary/aromatic N) is 2. The van der Waals surface area contributed by atoms with Crippen LogP contribution in [0.15, 0.2) is 42.5 Å². The molecular formula is C37H61N7O9. The number of ether oxygens (including phenoxy) is 5. The summed E-state index contributed by atoms with van der Waals surface area (Å²) in [5.41, 5.74) is 32.9. The van der Waals surface area contributed by atoms with E-state index in [-0.39, 0.29) is 19.4 Å². The molecule has 16 nitrogen and oxygen atoms in total. The van der Waals surface area contributed by atoms with Gasteiger partial charge in [0.1, 0.15) is 36.6 Å². The number of hydrogen-bond donors (Lipinski definition) is 9. The minimum Gasteiger partial charge on any atom is -0.394 e. The maximum atomic E-state index is 10.9. The molecule has 298 valence electrons. The lowest BCUT2D eigenvalue weighted by molar-refractivity contribution is -0.318. The normalized spacial score (nSPS) is 39.0. The Morgan fingerprint density at radius 3 is 2.09 bits per heavy atom. The topological polar surface area (TPSA) is 264 Å². The second kappa shape index (κ2) is 18.8. The summed E-state index contributed by atoms with van der Waals surface area (Å²) in [7, 11) is 0. The third kappa shape index (κ3) is 9.72. The lowest BCUT2D eigenvalue weighted by Gasteiger charge is -2.49. The SMILES string of the molecule is NC[C@H]1O[C@H](O[C@H]2[C@H](OCCCCN3CCN(Cc4cccc5ccccc45)CC3)[C@@H](O[C@H]3O[C@H](CO)[C@@H](O)[C@H](N)[C@H]3O)[C@H](N)C[C@@H]2N)[C@H](N)C[C@@H]1O. The van der Waals surface area contributed by atoms with Gasteiger partial charge in [0, 0.05) is 58.0 Å². The van der Waals surface area contributed by atoms with E-state index in [0.717, 1.165) is 52.1 Å². The number of unbranched alkanes of at least 4 members (excludes halogenated alkanes) is 1. The van der Waals surface area contributed by atoms with Crippen molar-refractivity contribution in [2.75, 3.05) is 52.5 Å². The van der Waals surface area contributed by atoms with E-state index < -0.39 is 92.2 Å². The zero-order valence-electron chi connectivity index (χ0n) is 30.4. The zero-order chi connectivity index (χ0) is 37.6. The summed E-state index contributed by atoms with van der Waals surface area (Å²) in [6.07, 6.45) is -7.90. The van der Waals surface area contributed by atoms with Gasteiger partial charge in [0.2, 0.25) is 0 Å². The molecule has 16 heteroatoms. The van der Waals surface area contributed by atoms with Crippen molar-refractivity contribution in [2.45, 2.75) is 118 Å². The second-order valence-corrected chi connectivity index (χ2v) is 15.1. The minimum atomic E-state index is -1.41. The standard InChI is InChI=1S/C37H61N7O9/c38-18-28-27(46)17-26(41)36(50-28)52-33-24(39)16-25(40)34(53-37-32(48)30(42)31(47)29(20-45)51-37)35(33)49-15-4-3-10-43-11-13-44(14-12-43)19-22-8-5-7-21-6-1-2-9-23(21)22/h1-2,5-9,24-37,45-48H,3-4,10-20,38-42H2/t24-,25+,26+,27-,28+,29+,30-,31+,32+,33+,34-,35-,36+,37+/m0/s1. The van der Waals surface area contributed by atoms with Crippen molar-refractivity contribution < 1.29 is 44.1 Å². The monoisotopic (exact) mass is 747 g/mol. The van der Waals surface area contributed by atoms with Gasteiger partial charge in [-0.2, -0.15) is 0 Å². The first-order valence-corrected chi connectivity index (χ1v) is 19.1. The van der Waals surface area contributed by atoms with Gasteiger partial charge < -0.3 is 77.7 Å². The van der Waals surface area contributed by atoms with Crippen LogP contribution < -0.4 is 28.7 Å². The van der Waals surface area contributed by atoms with Crippen LogP contribution >= 0.6 is 0 Å². The highest BCUT2D eigenvalue weighted by Gasteiger charge is 2.51. The molecule has 53 heavy (non-hydrogen) atoms. The summed E-state index contributed by atoms with van der Waals surface area (Å²) in [6.45, 7) is 5.71. The molecule has 3 aliphatic heterocycles. The van der Waals surface area contributed by atoms with Gasteiger partial charge in [-0.05, 0) is 48.6 Å². The quantitative estimate of drug-likeness (QED) is 0.0903. The fourth-order valence-electron chi connectivity index (χ4n) is 8.09. The van der Waals surface area contributed by atoms with E-state index in [0.29, 0.717) is 6.61 Å². The third-order valence-corrected chi connectivity index (χ3v) is 11.3. The Bertz CT molecular complexity index is 1420. The first-order chi connectivity index (χ1) is 25.6. The van der Waals surface area contributed by atoms with Gasteiger partial charge in [-0.15, -0.1) is 0 Å². The molecule has 14 N–H and O–H groups in total. The predicted octanol–water partition coefficient (Wildman–Crippen LogP) is -2.52. The number of benzene rings is 2. The van der Waals surface area contributed by atoms with Gasteiger partial charge in [0.25, 0.3) is 0 Å². The van der Waals surface area contributed by atoms with Gasteiger partial charge in [-0.3, -0.25) is 4.90 Å². The number of aliphatic hydroxyl groups excluding tert-OH is 4. The molecule has 0 aromatic heterocycles. The van der Waals surface area contributed by atoms with Crippen LogP contribution in [0, 0.1) is 0 Å². The van der Waals surface area contributed by atoms with Crippen LogP contribution in [0.2, 0.25) is 0 Å². The van der Waals surface area contributed by atoms with Gasteiger partial charge in [-0.25, -0.2) is 0 Å². The number of fused-ring (bicyclic) bond motifs is 1. The first-order valence-electron chi connectivity index (χ1n) is 19.1. The Labute approximate surface area is 311 Å². The predicted molar refractivity (Wildman–Crippen MR) is 197 cm³/mol. The molecule has 0 radical (unpaired) electrons. The molecule has 0 amide bonds. The maximum absolute atomic E-state index is 10.9. The van der Waals surface area contributed by atoms with Crippen LogP contribution in [0.25, 0.3) is 10.8 Å². The Hall–Kier alpha value is -1.94. The molecule has 0 unspecified atom stereocenters. The molecule has 2 aromatic rings. The first kappa shape index (κ1) is 40.7. The largest absolute Gasteiger partial charge is 0.394 e. The van der Waals surface area contributed by atoms with Crippen molar-refractivity contribution in [3.05, 3.63) is 48.0 Å². The van der Waals surface area contributed by atoms with Crippen LogP contribution in [0.1, 0.15) is 31.2 Å². The van der Waals surface area contributed by atoms with E-state index in [1.807, 2.05) is 0 Å². The molecule has 6 rings (SSSR count). The molecule has 1 saturated carbocycles. The van der Waals surface area contributed by atoms with Gasteiger partial charge in [0.05, 0.1) is 30.9 Å². The Balaban J connectivity index is 1.06. The molecule has 0 spiro atoms. The fourth-order valence-corrected chi connectivity index (χ4v) is 8.09. The number of piperazine rings is 1. The summed E-state index contributed by atoms with van der Waals surface area (Å²) in [5.74, 6) is 0. The Morgan fingerprint density at radius 1 is 0.717 bits per heavy atom. The second-order valence-electron chi connectivity index (χ2n) is 15.1. The molecular weight excluding hydrogens is 686 g/mol. The summed E-state index contributed by atoms with van der Waals surface area (Å²) in [5, 5.41) is 44.0. The maximum Gasteiger partial charge on any atom is 0.186 e. The van der Waals surface area contributed by atoms with Crippen molar-refractivity contribution in [1.82, 2.24) is 9.80 Å². The lowest BCUT2D eigenvalue weighted by Crippen LogP contribution is -2.68. The molecule has 4 fully saturated rings. The average molecular weight is 748 g/mol. The van der Waals surface area contributed by atoms with E-state index >= 15 is 0 Å². The number of rotatable bonds is 14. The summed E-state index contributed by atoms with van der Waals surface area (Å²) >= 11 is 0. The zero-order valence-corrected chi connectivity index (χ0v) is 30.4. The van der Waals surface area contributed by atoms with Crippen LogP contribution in [0.4, 0.5) is 0 Å². The number of hydrogen-bond acceptors (Lipinski definition) is 16. The highest BCUT2D eigenvalue weighted by atomic mass is 16.7. The average Bonchev–Trinajstić information content (AvgIpc) is 3.15. The molecule has 1 aliphatic carbocycles. The summed E-state index contributed by atoms with van der Waals surface area (Å²) in [6, 6.07) is 12.0.